The number of likely N-dealkylation sites (N-methyl/N-ethyl adjacent to an activating group) is 2. The molecule has 9 heteroatoms. The molecule has 0 unspecified atom stereocenters. The third-order valence-electron chi connectivity index (χ3n) is 5.64. The van der Waals surface area contributed by atoms with Crippen LogP contribution in [-0.2, 0) is 0 Å². The highest BCUT2D eigenvalue weighted by molar-refractivity contribution is 5.94. The Morgan fingerprint density at radius 1 is 1.12 bits per heavy atom. The summed E-state index contributed by atoms with van der Waals surface area (Å²) in [5.41, 5.74) is 3.31. The molecule has 0 aliphatic rings. The first-order chi connectivity index (χ1) is 16.5. The number of hydrogen-bond donors (Lipinski definition) is 3. The van der Waals surface area contributed by atoms with Crippen LogP contribution in [0.4, 0.5) is 11.6 Å². The number of benzene rings is 1. The summed E-state index contributed by atoms with van der Waals surface area (Å²) in [5.74, 6) is 2.31. The minimum Gasteiger partial charge on any atom is -0.496 e. The van der Waals surface area contributed by atoms with Gasteiger partial charge in [0.05, 0.1) is 12.8 Å². The van der Waals surface area contributed by atoms with Crippen molar-refractivity contribution >= 4 is 17.5 Å². The zero-order valence-corrected chi connectivity index (χ0v) is 20.4. The van der Waals surface area contributed by atoms with E-state index in [1.54, 1.807) is 26.6 Å². The van der Waals surface area contributed by atoms with Crippen molar-refractivity contribution in [1.29, 1.82) is 0 Å². The molecule has 0 spiro atoms. The van der Waals surface area contributed by atoms with Crippen molar-refractivity contribution in [2.75, 3.05) is 58.1 Å². The smallest absolute Gasteiger partial charge is 0.251 e. The molecule has 1 atom stereocenters. The number of amides is 1. The predicted octanol–water partition coefficient (Wildman–Crippen LogP) is 2.78. The number of pyridine rings is 1. The number of nitrogens with one attached hydrogen (secondary N) is 3. The Balaban J connectivity index is 1.67. The SMILES string of the molecule is CNCCN(C)c1ccc(-c2cc(NC[C@@H](C)c3ccc(C(=O)NC)cc3OC)ncn2)cn1. The average Bonchev–Trinajstić information content (AvgIpc) is 2.89. The number of hydrogen-bond acceptors (Lipinski definition) is 8. The van der Waals surface area contributed by atoms with E-state index in [-0.39, 0.29) is 11.8 Å². The highest BCUT2D eigenvalue weighted by atomic mass is 16.5. The fraction of sp³-hybridized carbons (Fsp3) is 0.360. The van der Waals surface area contributed by atoms with Gasteiger partial charge in [-0.25, -0.2) is 15.0 Å². The molecule has 9 nitrogen and oxygen atoms in total. The molecule has 1 amide bonds. The Kier molecular flexibility index (Phi) is 8.75. The fourth-order valence-electron chi connectivity index (χ4n) is 3.54. The maximum Gasteiger partial charge on any atom is 0.251 e. The molecular weight excluding hydrogens is 430 g/mol. The largest absolute Gasteiger partial charge is 0.496 e. The van der Waals surface area contributed by atoms with E-state index in [9.17, 15) is 4.79 Å². The molecule has 0 radical (unpaired) electrons. The third kappa shape index (κ3) is 6.20. The fourth-order valence-corrected chi connectivity index (χ4v) is 3.54. The summed E-state index contributed by atoms with van der Waals surface area (Å²) in [6.45, 7) is 4.50. The molecular formula is C25H33N7O2. The molecule has 180 valence electrons. The maximum atomic E-state index is 11.9. The van der Waals surface area contributed by atoms with E-state index in [4.69, 9.17) is 4.74 Å². The minimum absolute atomic E-state index is 0.126. The molecule has 3 N–H and O–H groups in total. The van der Waals surface area contributed by atoms with Gasteiger partial charge in [0.1, 0.15) is 23.7 Å². The number of rotatable bonds is 11. The second-order valence-electron chi connectivity index (χ2n) is 8.04. The second-order valence-corrected chi connectivity index (χ2v) is 8.04. The first-order valence-electron chi connectivity index (χ1n) is 11.2. The Labute approximate surface area is 201 Å². The topological polar surface area (TPSA) is 104 Å². The van der Waals surface area contributed by atoms with Crippen LogP contribution >= 0.6 is 0 Å². The summed E-state index contributed by atoms with van der Waals surface area (Å²) < 4.78 is 5.53. The van der Waals surface area contributed by atoms with Crippen LogP contribution in [0, 0.1) is 0 Å². The van der Waals surface area contributed by atoms with Crippen LogP contribution in [0.25, 0.3) is 11.3 Å². The first kappa shape index (κ1) is 24.9. The van der Waals surface area contributed by atoms with Gasteiger partial charge in [-0.15, -0.1) is 0 Å². The van der Waals surface area contributed by atoms with Crippen molar-refractivity contribution in [3.8, 4) is 17.0 Å². The zero-order valence-electron chi connectivity index (χ0n) is 20.4. The van der Waals surface area contributed by atoms with E-state index in [0.717, 1.165) is 41.5 Å². The van der Waals surface area contributed by atoms with Crippen LogP contribution in [0.15, 0.2) is 48.9 Å². The molecule has 0 aliphatic carbocycles. The van der Waals surface area contributed by atoms with Crippen molar-refractivity contribution in [3.05, 3.63) is 60.0 Å². The van der Waals surface area contributed by atoms with E-state index in [0.29, 0.717) is 17.9 Å². The number of ether oxygens (including phenoxy) is 1. The van der Waals surface area contributed by atoms with E-state index < -0.39 is 0 Å². The van der Waals surface area contributed by atoms with E-state index >= 15 is 0 Å². The van der Waals surface area contributed by atoms with Crippen LogP contribution < -0.4 is 25.6 Å². The monoisotopic (exact) mass is 463 g/mol. The summed E-state index contributed by atoms with van der Waals surface area (Å²) >= 11 is 0. The molecule has 3 rings (SSSR count). The molecule has 0 aliphatic heterocycles. The van der Waals surface area contributed by atoms with Crippen LogP contribution in [0.1, 0.15) is 28.8 Å². The van der Waals surface area contributed by atoms with Gasteiger partial charge in [0.15, 0.2) is 0 Å². The molecule has 2 heterocycles. The normalized spacial score (nSPS) is 11.6. The number of methoxy groups -OCH3 is 1. The third-order valence-corrected chi connectivity index (χ3v) is 5.64. The van der Waals surface area contributed by atoms with Crippen molar-refractivity contribution in [2.24, 2.45) is 0 Å². The van der Waals surface area contributed by atoms with Gasteiger partial charge < -0.3 is 25.6 Å². The van der Waals surface area contributed by atoms with Gasteiger partial charge in [-0.3, -0.25) is 4.79 Å². The Morgan fingerprint density at radius 2 is 1.94 bits per heavy atom. The van der Waals surface area contributed by atoms with E-state index in [1.165, 1.54) is 0 Å². The van der Waals surface area contributed by atoms with E-state index in [1.807, 2.05) is 50.6 Å². The van der Waals surface area contributed by atoms with Gasteiger partial charge >= 0.3 is 0 Å². The van der Waals surface area contributed by atoms with Crippen LogP contribution in [0.5, 0.6) is 5.75 Å². The molecule has 0 saturated carbocycles. The van der Waals surface area contributed by atoms with E-state index in [2.05, 4.69) is 42.7 Å². The molecule has 1 aromatic carbocycles. The molecule has 34 heavy (non-hydrogen) atoms. The lowest BCUT2D eigenvalue weighted by Crippen LogP contribution is -2.27. The minimum atomic E-state index is -0.142. The van der Waals surface area contributed by atoms with Crippen LogP contribution in [0.2, 0.25) is 0 Å². The Morgan fingerprint density at radius 3 is 2.62 bits per heavy atom. The van der Waals surface area contributed by atoms with Gasteiger partial charge in [-0.1, -0.05) is 13.0 Å². The molecule has 2 aromatic heterocycles. The highest BCUT2D eigenvalue weighted by Crippen LogP contribution is 2.28. The zero-order chi connectivity index (χ0) is 24.5. The first-order valence-corrected chi connectivity index (χ1v) is 11.2. The van der Waals surface area contributed by atoms with Crippen molar-refractivity contribution in [1.82, 2.24) is 25.6 Å². The van der Waals surface area contributed by atoms with Crippen LogP contribution in [-0.4, -0.2) is 68.7 Å². The highest BCUT2D eigenvalue weighted by Gasteiger charge is 2.15. The Hall–Kier alpha value is -3.72. The summed E-state index contributed by atoms with van der Waals surface area (Å²) in [7, 11) is 7.18. The molecule has 0 fully saturated rings. The number of aromatic nitrogens is 3. The number of nitrogens with zero attached hydrogens (tertiary/aromatic N) is 4. The van der Waals surface area contributed by atoms with Crippen LogP contribution in [0.3, 0.4) is 0 Å². The van der Waals surface area contributed by atoms with Crippen molar-refractivity contribution in [2.45, 2.75) is 12.8 Å². The summed E-state index contributed by atoms with van der Waals surface area (Å²) in [6.07, 6.45) is 3.38. The number of carbonyl (C=O) groups is 1. The van der Waals surface area contributed by atoms with Crippen molar-refractivity contribution < 1.29 is 9.53 Å². The van der Waals surface area contributed by atoms with Gasteiger partial charge in [0.2, 0.25) is 0 Å². The lowest BCUT2D eigenvalue weighted by molar-refractivity contribution is 0.0962. The molecule has 3 aromatic rings. The molecule has 0 saturated heterocycles. The maximum absolute atomic E-state index is 11.9. The lowest BCUT2D eigenvalue weighted by Gasteiger charge is -2.18. The summed E-state index contributed by atoms with van der Waals surface area (Å²) in [6, 6.07) is 11.4. The second kappa shape index (κ2) is 11.9. The van der Waals surface area contributed by atoms with Crippen molar-refractivity contribution in [3.63, 3.8) is 0 Å². The standard InChI is InChI=1S/C25H33N7O2/c1-17(20-8-6-18(25(33)27-3)12-22(20)34-5)14-28-23-13-21(30-16-31-23)19-7-9-24(29-15-19)32(4)11-10-26-2/h6-9,12-13,15-17,26H,10-11,14H2,1-5H3,(H,27,33)(H,28,30,31)/t17-/m1/s1. The quantitative estimate of drug-likeness (QED) is 0.399. The summed E-state index contributed by atoms with van der Waals surface area (Å²) in [4.78, 5) is 27.4. The summed E-state index contributed by atoms with van der Waals surface area (Å²) in [5, 5.41) is 9.16. The van der Waals surface area contributed by atoms with Gasteiger partial charge in [-0.2, -0.15) is 0 Å². The average molecular weight is 464 g/mol. The number of anilines is 2. The number of carbonyl (C=O) groups excluding carboxylic acids is 1. The Bertz CT molecular complexity index is 1090. The van der Waals surface area contributed by atoms with Gasteiger partial charge in [-0.05, 0) is 36.9 Å². The van der Waals surface area contributed by atoms with Gasteiger partial charge in [0, 0.05) is 63.0 Å². The van der Waals surface area contributed by atoms with Gasteiger partial charge in [0.25, 0.3) is 5.91 Å². The predicted molar refractivity (Wildman–Crippen MR) is 136 cm³/mol. The molecule has 0 bridgehead atoms. The lowest BCUT2D eigenvalue weighted by atomic mass is 9.98.